The number of anilines is 1. The van der Waals surface area contributed by atoms with Crippen LogP contribution in [0, 0.1) is 5.82 Å². The minimum Gasteiger partial charge on any atom is -0.489 e. The van der Waals surface area contributed by atoms with E-state index in [-0.39, 0.29) is 17.2 Å². The average molecular weight is 398 g/mol. The van der Waals surface area contributed by atoms with Gasteiger partial charge in [-0.15, -0.1) is 0 Å². The largest absolute Gasteiger partial charge is 0.489 e. The summed E-state index contributed by atoms with van der Waals surface area (Å²) in [7, 11) is -4.17. The summed E-state index contributed by atoms with van der Waals surface area (Å²) in [6, 6.07) is 9.35. The van der Waals surface area contributed by atoms with Crippen molar-refractivity contribution in [3.63, 3.8) is 0 Å². The number of hydrogen-bond acceptors (Lipinski definition) is 4. The van der Waals surface area contributed by atoms with E-state index in [1.54, 1.807) is 18.2 Å². The molecule has 1 unspecified atom stereocenters. The Morgan fingerprint density at radius 3 is 2.54 bits per heavy atom. The number of carbonyl (C=O) groups is 1. The van der Waals surface area contributed by atoms with E-state index in [0.717, 1.165) is 28.6 Å². The zero-order valence-electron chi connectivity index (χ0n) is 13.9. The SMILES string of the molecule is C=CCOc1cccc(N(C(C)C(=O)Cl)S(=O)(=O)c2ccc(F)cc2)c1. The number of rotatable bonds is 8. The molecule has 0 aliphatic carbocycles. The second-order valence-corrected chi connectivity index (χ2v) is 7.52. The molecule has 5 nitrogen and oxygen atoms in total. The van der Waals surface area contributed by atoms with Gasteiger partial charge in [0.1, 0.15) is 24.2 Å². The van der Waals surface area contributed by atoms with Gasteiger partial charge in [0.25, 0.3) is 10.0 Å². The Morgan fingerprint density at radius 2 is 1.96 bits per heavy atom. The fourth-order valence-electron chi connectivity index (χ4n) is 2.25. The van der Waals surface area contributed by atoms with Crippen molar-refractivity contribution >= 4 is 32.6 Å². The maximum atomic E-state index is 13.1. The number of ether oxygens (including phenoxy) is 1. The van der Waals surface area contributed by atoms with E-state index in [2.05, 4.69) is 6.58 Å². The summed E-state index contributed by atoms with van der Waals surface area (Å²) in [5.41, 5.74) is 0.192. The highest BCUT2D eigenvalue weighted by Crippen LogP contribution is 2.30. The van der Waals surface area contributed by atoms with E-state index >= 15 is 0 Å². The Kier molecular flexibility index (Phi) is 6.39. The molecule has 2 aromatic rings. The standard InChI is InChI=1S/C18H17ClFNO4S/c1-3-11-25-16-6-4-5-15(12-16)21(13(2)18(19)22)26(23,24)17-9-7-14(20)8-10-17/h3-10,12-13H,1,11H2,2H3. The van der Waals surface area contributed by atoms with E-state index in [9.17, 15) is 17.6 Å². The molecule has 0 spiro atoms. The first-order valence-electron chi connectivity index (χ1n) is 7.60. The van der Waals surface area contributed by atoms with Crippen LogP contribution in [0.4, 0.5) is 10.1 Å². The molecule has 1 atom stereocenters. The fraction of sp³-hybridized carbons (Fsp3) is 0.167. The molecule has 0 aliphatic heterocycles. The van der Waals surface area contributed by atoms with Crippen molar-refractivity contribution in [1.82, 2.24) is 0 Å². The number of carbonyl (C=O) groups excluding carboxylic acids is 1. The third kappa shape index (κ3) is 4.42. The Hall–Kier alpha value is -2.38. The normalized spacial score (nSPS) is 12.3. The zero-order chi connectivity index (χ0) is 19.3. The molecule has 2 aromatic carbocycles. The van der Waals surface area contributed by atoms with Gasteiger partial charge in [-0.05, 0) is 54.9 Å². The minimum absolute atomic E-state index is 0.166. The molecule has 0 aromatic heterocycles. The highest BCUT2D eigenvalue weighted by Gasteiger charge is 2.33. The molecule has 0 fully saturated rings. The summed E-state index contributed by atoms with van der Waals surface area (Å²) >= 11 is 5.57. The van der Waals surface area contributed by atoms with E-state index in [0.29, 0.717) is 5.75 Å². The fourth-order valence-corrected chi connectivity index (χ4v) is 4.01. The summed E-state index contributed by atoms with van der Waals surface area (Å²) in [6.07, 6.45) is 1.55. The van der Waals surface area contributed by atoms with E-state index in [1.807, 2.05) is 0 Å². The van der Waals surface area contributed by atoms with Gasteiger partial charge >= 0.3 is 0 Å². The molecule has 8 heteroatoms. The van der Waals surface area contributed by atoms with Crippen molar-refractivity contribution in [2.75, 3.05) is 10.9 Å². The van der Waals surface area contributed by atoms with Gasteiger partial charge in [0, 0.05) is 6.07 Å². The van der Waals surface area contributed by atoms with Crippen LogP contribution in [0.1, 0.15) is 6.92 Å². The number of hydrogen-bond donors (Lipinski definition) is 0. The monoisotopic (exact) mass is 397 g/mol. The van der Waals surface area contributed by atoms with Crippen molar-refractivity contribution in [2.24, 2.45) is 0 Å². The smallest absolute Gasteiger partial charge is 0.265 e. The van der Waals surface area contributed by atoms with Crippen LogP contribution >= 0.6 is 11.6 Å². The Bertz CT molecular complexity index is 900. The molecule has 0 heterocycles. The van der Waals surface area contributed by atoms with Crippen molar-refractivity contribution < 1.29 is 22.3 Å². The third-order valence-electron chi connectivity index (χ3n) is 3.49. The predicted octanol–water partition coefficient (Wildman–Crippen LogP) is 3.74. The van der Waals surface area contributed by atoms with Crippen LogP contribution in [0.5, 0.6) is 5.75 Å². The van der Waals surface area contributed by atoms with Gasteiger partial charge in [-0.2, -0.15) is 0 Å². The van der Waals surface area contributed by atoms with E-state index in [1.165, 1.54) is 19.1 Å². The van der Waals surface area contributed by atoms with Crippen LogP contribution in [-0.2, 0) is 14.8 Å². The zero-order valence-corrected chi connectivity index (χ0v) is 15.5. The first-order chi connectivity index (χ1) is 12.3. The topological polar surface area (TPSA) is 63.7 Å². The summed E-state index contributed by atoms with van der Waals surface area (Å²) in [4.78, 5) is 11.5. The summed E-state index contributed by atoms with van der Waals surface area (Å²) in [5, 5.41) is -0.854. The lowest BCUT2D eigenvalue weighted by molar-refractivity contribution is -0.112. The molecule has 26 heavy (non-hydrogen) atoms. The highest BCUT2D eigenvalue weighted by molar-refractivity contribution is 7.93. The predicted molar refractivity (Wildman–Crippen MR) is 98.5 cm³/mol. The molecule has 0 saturated heterocycles. The van der Waals surface area contributed by atoms with Gasteiger partial charge < -0.3 is 4.74 Å². The molecule has 0 bridgehead atoms. The minimum atomic E-state index is -4.17. The quantitative estimate of drug-likeness (QED) is 0.503. The molecule has 138 valence electrons. The van der Waals surface area contributed by atoms with Crippen LogP contribution in [0.2, 0.25) is 0 Å². The Labute approximate surface area is 156 Å². The molecule has 0 N–H and O–H groups in total. The van der Waals surface area contributed by atoms with Gasteiger partial charge in [-0.3, -0.25) is 9.10 Å². The molecular formula is C18H17ClFNO4S. The van der Waals surface area contributed by atoms with E-state index < -0.39 is 27.1 Å². The van der Waals surface area contributed by atoms with Crippen LogP contribution in [0.3, 0.4) is 0 Å². The van der Waals surface area contributed by atoms with Gasteiger partial charge in [0.05, 0.1) is 10.6 Å². The summed E-state index contributed by atoms with van der Waals surface area (Å²) in [5.74, 6) is -0.173. The van der Waals surface area contributed by atoms with Gasteiger partial charge in [0.2, 0.25) is 5.24 Å². The lowest BCUT2D eigenvalue weighted by Gasteiger charge is -2.28. The number of sulfonamides is 1. The van der Waals surface area contributed by atoms with Crippen LogP contribution in [0.15, 0.2) is 66.1 Å². The second kappa shape index (κ2) is 8.33. The number of benzene rings is 2. The lowest BCUT2D eigenvalue weighted by atomic mass is 10.2. The van der Waals surface area contributed by atoms with E-state index in [4.69, 9.17) is 16.3 Å². The maximum Gasteiger partial charge on any atom is 0.265 e. The van der Waals surface area contributed by atoms with Crippen molar-refractivity contribution in [1.29, 1.82) is 0 Å². The van der Waals surface area contributed by atoms with Gasteiger partial charge in [-0.1, -0.05) is 18.7 Å². The number of nitrogens with zero attached hydrogens (tertiary/aromatic N) is 1. The molecule has 2 rings (SSSR count). The summed E-state index contributed by atoms with van der Waals surface area (Å²) < 4.78 is 45.5. The van der Waals surface area contributed by atoms with Gasteiger partial charge in [-0.25, -0.2) is 12.8 Å². The molecule has 0 saturated carbocycles. The molecule has 0 aliphatic rings. The van der Waals surface area contributed by atoms with Crippen molar-refractivity contribution in [3.8, 4) is 5.75 Å². The van der Waals surface area contributed by atoms with Crippen LogP contribution < -0.4 is 9.04 Å². The highest BCUT2D eigenvalue weighted by atomic mass is 35.5. The van der Waals surface area contributed by atoms with Crippen molar-refractivity contribution in [2.45, 2.75) is 17.9 Å². The summed E-state index contributed by atoms with van der Waals surface area (Å²) in [6.45, 7) is 5.15. The van der Waals surface area contributed by atoms with Crippen LogP contribution in [-0.4, -0.2) is 26.3 Å². The first kappa shape index (κ1) is 19.9. The Balaban J connectivity index is 2.55. The molecular weight excluding hydrogens is 381 g/mol. The average Bonchev–Trinajstić information content (AvgIpc) is 2.60. The molecule has 0 radical (unpaired) electrons. The molecule has 0 amide bonds. The second-order valence-electron chi connectivity index (χ2n) is 5.33. The van der Waals surface area contributed by atoms with Gasteiger partial charge in [0.15, 0.2) is 0 Å². The van der Waals surface area contributed by atoms with Crippen LogP contribution in [0.25, 0.3) is 0 Å². The first-order valence-corrected chi connectivity index (χ1v) is 9.42. The third-order valence-corrected chi connectivity index (χ3v) is 5.72. The lowest BCUT2D eigenvalue weighted by Crippen LogP contribution is -2.42. The number of halogens is 2. The maximum absolute atomic E-state index is 13.1. The van der Waals surface area contributed by atoms with Crippen molar-refractivity contribution in [3.05, 3.63) is 67.0 Å². The Morgan fingerprint density at radius 1 is 1.31 bits per heavy atom.